The maximum atomic E-state index is 13.4. The summed E-state index contributed by atoms with van der Waals surface area (Å²) in [4.78, 5) is 0. The second kappa shape index (κ2) is 8.02. The van der Waals surface area contributed by atoms with Crippen molar-refractivity contribution in [1.82, 2.24) is 0 Å². The second-order valence-electron chi connectivity index (χ2n) is 5.18. The molecule has 0 radical (unpaired) electrons. The van der Waals surface area contributed by atoms with E-state index in [9.17, 15) is 4.39 Å². The Balaban J connectivity index is 2.10. The lowest BCUT2D eigenvalue weighted by Crippen LogP contribution is -2.29. The Kier molecular flexibility index (Phi) is 6.04. The van der Waals surface area contributed by atoms with Gasteiger partial charge in [-0.3, -0.25) is 0 Å². The van der Waals surface area contributed by atoms with Gasteiger partial charge in [-0.05, 0) is 37.5 Å². The zero-order chi connectivity index (χ0) is 15.1. The van der Waals surface area contributed by atoms with Crippen LogP contribution in [0.15, 0.2) is 18.2 Å². The molecular formula is C17H21FO3. The van der Waals surface area contributed by atoms with E-state index in [1.165, 1.54) is 12.1 Å². The Morgan fingerprint density at radius 2 is 2.14 bits per heavy atom. The number of benzene rings is 1. The van der Waals surface area contributed by atoms with E-state index in [0.29, 0.717) is 17.7 Å². The summed E-state index contributed by atoms with van der Waals surface area (Å²) in [6.07, 6.45) is 4.61. The van der Waals surface area contributed by atoms with Gasteiger partial charge in [0.05, 0.1) is 18.3 Å². The number of aliphatic hydroxyl groups excluding tert-OH is 1. The summed E-state index contributed by atoms with van der Waals surface area (Å²) < 4.78 is 24.7. The van der Waals surface area contributed by atoms with Crippen molar-refractivity contribution in [3.05, 3.63) is 29.6 Å². The van der Waals surface area contributed by atoms with Crippen molar-refractivity contribution >= 4 is 0 Å². The standard InChI is InChI=1S/C17H21FO3/c1-20-15-6-4-7-16(12-15)21-17-9-8-14(18)11-13(17)5-2-3-10-19/h8-9,11,15-16,19H,3-4,6-7,10,12H2,1H3. The van der Waals surface area contributed by atoms with Crippen LogP contribution in [-0.4, -0.2) is 31.0 Å². The number of ether oxygens (including phenoxy) is 2. The summed E-state index contributed by atoms with van der Waals surface area (Å²) in [7, 11) is 1.72. The van der Waals surface area contributed by atoms with Crippen molar-refractivity contribution in [2.75, 3.05) is 13.7 Å². The minimum atomic E-state index is -0.339. The number of hydrogen-bond acceptors (Lipinski definition) is 3. The molecule has 0 saturated heterocycles. The maximum absolute atomic E-state index is 13.4. The Hall–Kier alpha value is -1.57. The SMILES string of the molecule is COC1CCCC(Oc2ccc(F)cc2C#CCCO)C1. The summed E-state index contributed by atoms with van der Waals surface area (Å²) >= 11 is 0. The quantitative estimate of drug-likeness (QED) is 0.867. The minimum Gasteiger partial charge on any atom is -0.489 e. The first kappa shape index (κ1) is 15.8. The molecule has 0 aromatic heterocycles. The average molecular weight is 292 g/mol. The molecule has 2 atom stereocenters. The van der Waals surface area contributed by atoms with Crippen LogP contribution >= 0.6 is 0 Å². The van der Waals surface area contributed by atoms with Gasteiger partial charge in [0.2, 0.25) is 0 Å². The Morgan fingerprint density at radius 1 is 1.33 bits per heavy atom. The molecule has 1 aliphatic rings. The van der Waals surface area contributed by atoms with E-state index in [2.05, 4.69) is 11.8 Å². The van der Waals surface area contributed by atoms with Gasteiger partial charge in [-0.15, -0.1) is 0 Å². The third-order valence-electron chi connectivity index (χ3n) is 3.61. The van der Waals surface area contributed by atoms with E-state index in [-0.39, 0.29) is 24.6 Å². The van der Waals surface area contributed by atoms with Crippen LogP contribution in [0.3, 0.4) is 0 Å². The molecule has 0 bridgehead atoms. The van der Waals surface area contributed by atoms with Crippen LogP contribution < -0.4 is 4.74 Å². The van der Waals surface area contributed by atoms with Gasteiger partial charge >= 0.3 is 0 Å². The average Bonchev–Trinajstić information content (AvgIpc) is 2.50. The Bertz CT molecular complexity index is 519. The molecule has 1 saturated carbocycles. The van der Waals surface area contributed by atoms with E-state index < -0.39 is 0 Å². The predicted molar refractivity (Wildman–Crippen MR) is 78.7 cm³/mol. The molecule has 4 heteroatoms. The van der Waals surface area contributed by atoms with Crippen LogP contribution in [0.1, 0.15) is 37.7 Å². The first-order chi connectivity index (χ1) is 10.2. The van der Waals surface area contributed by atoms with Crippen molar-refractivity contribution in [3.8, 4) is 17.6 Å². The number of aliphatic hydroxyl groups is 1. The molecule has 1 aromatic rings. The Morgan fingerprint density at radius 3 is 2.90 bits per heavy atom. The molecule has 0 aliphatic heterocycles. The molecule has 21 heavy (non-hydrogen) atoms. The molecule has 114 valence electrons. The molecule has 0 spiro atoms. The third-order valence-corrected chi connectivity index (χ3v) is 3.61. The largest absolute Gasteiger partial charge is 0.489 e. The summed E-state index contributed by atoms with van der Waals surface area (Å²) in [5.74, 6) is 5.93. The van der Waals surface area contributed by atoms with Crippen molar-refractivity contribution in [3.63, 3.8) is 0 Å². The fourth-order valence-electron chi connectivity index (χ4n) is 2.52. The Labute approximate surface area is 125 Å². The lowest BCUT2D eigenvalue weighted by atomic mass is 9.95. The lowest BCUT2D eigenvalue weighted by Gasteiger charge is -2.29. The summed E-state index contributed by atoms with van der Waals surface area (Å²) in [5.41, 5.74) is 0.531. The van der Waals surface area contributed by atoms with Gasteiger partial charge in [0.15, 0.2) is 0 Å². The van der Waals surface area contributed by atoms with Crippen molar-refractivity contribution < 1.29 is 19.0 Å². The van der Waals surface area contributed by atoms with Crippen LogP contribution in [0.25, 0.3) is 0 Å². The molecule has 2 unspecified atom stereocenters. The van der Waals surface area contributed by atoms with Crippen LogP contribution in [-0.2, 0) is 4.74 Å². The summed E-state index contributed by atoms with van der Waals surface area (Å²) in [6, 6.07) is 4.37. The molecule has 3 nitrogen and oxygen atoms in total. The monoisotopic (exact) mass is 292 g/mol. The third kappa shape index (κ3) is 4.73. The molecule has 0 heterocycles. The zero-order valence-corrected chi connectivity index (χ0v) is 12.3. The molecule has 1 aromatic carbocycles. The zero-order valence-electron chi connectivity index (χ0n) is 12.3. The van der Waals surface area contributed by atoms with E-state index in [0.717, 1.165) is 25.7 Å². The molecule has 2 rings (SSSR count). The van der Waals surface area contributed by atoms with Crippen LogP contribution in [0, 0.1) is 17.7 Å². The highest BCUT2D eigenvalue weighted by atomic mass is 19.1. The van der Waals surface area contributed by atoms with Crippen molar-refractivity contribution in [1.29, 1.82) is 0 Å². The second-order valence-corrected chi connectivity index (χ2v) is 5.18. The number of hydrogen-bond donors (Lipinski definition) is 1. The van der Waals surface area contributed by atoms with Crippen LogP contribution in [0.5, 0.6) is 5.75 Å². The first-order valence-corrected chi connectivity index (χ1v) is 7.31. The maximum Gasteiger partial charge on any atom is 0.135 e. The van der Waals surface area contributed by atoms with Gasteiger partial charge in [-0.25, -0.2) is 4.39 Å². The predicted octanol–water partition coefficient (Wildman–Crippen LogP) is 2.90. The van der Waals surface area contributed by atoms with E-state index in [1.54, 1.807) is 13.2 Å². The van der Waals surface area contributed by atoms with Gasteiger partial charge in [0.25, 0.3) is 0 Å². The van der Waals surface area contributed by atoms with Gasteiger partial charge < -0.3 is 14.6 Å². The van der Waals surface area contributed by atoms with Gasteiger partial charge in [-0.1, -0.05) is 11.8 Å². The van der Waals surface area contributed by atoms with Gasteiger partial charge in [0, 0.05) is 20.0 Å². The van der Waals surface area contributed by atoms with E-state index >= 15 is 0 Å². The number of methoxy groups -OCH3 is 1. The molecular weight excluding hydrogens is 271 g/mol. The van der Waals surface area contributed by atoms with Gasteiger partial charge in [-0.2, -0.15) is 0 Å². The molecule has 0 amide bonds. The molecule has 1 fully saturated rings. The van der Waals surface area contributed by atoms with Crippen LogP contribution in [0.4, 0.5) is 4.39 Å². The number of halogens is 1. The lowest BCUT2D eigenvalue weighted by molar-refractivity contribution is 0.0208. The summed E-state index contributed by atoms with van der Waals surface area (Å²) in [6.45, 7) is -0.00332. The fourth-order valence-corrected chi connectivity index (χ4v) is 2.52. The minimum absolute atomic E-state index is 0.00332. The van der Waals surface area contributed by atoms with Crippen molar-refractivity contribution in [2.24, 2.45) is 0 Å². The smallest absolute Gasteiger partial charge is 0.135 e. The van der Waals surface area contributed by atoms with Crippen molar-refractivity contribution in [2.45, 2.75) is 44.3 Å². The van der Waals surface area contributed by atoms with Gasteiger partial charge in [0.1, 0.15) is 17.7 Å². The topological polar surface area (TPSA) is 38.7 Å². The highest BCUT2D eigenvalue weighted by Crippen LogP contribution is 2.27. The fraction of sp³-hybridized carbons (Fsp3) is 0.529. The molecule has 1 aliphatic carbocycles. The highest BCUT2D eigenvalue weighted by molar-refractivity contribution is 5.46. The first-order valence-electron chi connectivity index (χ1n) is 7.31. The summed E-state index contributed by atoms with van der Waals surface area (Å²) in [5, 5.41) is 8.76. The molecule has 1 N–H and O–H groups in total. The highest BCUT2D eigenvalue weighted by Gasteiger charge is 2.23. The van der Waals surface area contributed by atoms with E-state index in [4.69, 9.17) is 14.6 Å². The normalized spacial score (nSPS) is 21.5. The van der Waals surface area contributed by atoms with E-state index in [1.807, 2.05) is 0 Å². The van der Waals surface area contributed by atoms with Crippen LogP contribution in [0.2, 0.25) is 0 Å². The number of rotatable bonds is 4.